The average Bonchev–Trinajstić information content (AvgIpc) is 3.54. The largest absolute Gasteiger partial charge is 0.393 e. The second-order valence-electron chi connectivity index (χ2n) is 9.61. The number of hydrogen-bond donors (Lipinski definition) is 2. The first kappa shape index (κ1) is 26.3. The summed E-state index contributed by atoms with van der Waals surface area (Å²) in [6.07, 6.45) is 12.6. The van der Waals surface area contributed by atoms with Gasteiger partial charge >= 0.3 is 0 Å². The van der Waals surface area contributed by atoms with Gasteiger partial charge in [-0.3, -0.25) is 14.3 Å². The van der Waals surface area contributed by atoms with Gasteiger partial charge < -0.3 is 15.4 Å². The topological polar surface area (TPSA) is 108 Å². The first-order valence-corrected chi connectivity index (χ1v) is 13.2. The van der Waals surface area contributed by atoms with E-state index < -0.39 is 0 Å². The maximum absolute atomic E-state index is 5.14. The number of nitrogens with zero attached hydrogens (tertiary/aromatic N) is 7. The average molecular weight is 526 g/mol. The predicted octanol–water partition coefficient (Wildman–Crippen LogP) is 4.54. The van der Waals surface area contributed by atoms with Gasteiger partial charge in [0.2, 0.25) is 5.95 Å². The molecule has 5 rings (SSSR count). The molecule has 0 radical (unpaired) electrons. The molecule has 0 aromatic carbocycles. The third-order valence-electron chi connectivity index (χ3n) is 6.85. The third-order valence-corrected chi connectivity index (χ3v) is 6.85. The van der Waals surface area contributed by atoms with Gasteiger partial charge in [0.05, 0.1) is 35.9 Å². The van der Waals surface area contributed by atoms with Crippen LogP contribution in [0.5, 0.6) is 0 Å². The molecule has 0 amide bonds. The fourth-order valence-corrected chi connectivity index (χ4v) is 4.72. The van der Waals surface area contributed by atoms with Crippen LogP contribution < -0.4 is 10.6 Å². The molecule has 0 aliphatic heterocycles. The zero-order chi connectivity index (χ0) is 27.4. The summed E-state index contributed by atoms with van der Waals surface area (Å²) in [5.74, 6) is 1.19. The van der Waals surface area contributed by atoms with E-state index in [4.69, 9.17) is 19.8 Å². The van der Waals surface area contributed by atoms with E-state index in [1.165, 1.54) is 5.57 Å². The standard InChI is InChI=1S/C29H35N9O/c1-6-19(2)15-22(16-30-3)23-9-8-21(18-31-23)28-26-24(35-37(28)4)10-7-20-17-32-29(34-27(20)26)33-25-11-12-38(36-25)13-14-39-5/h8-9,11-12,15-18,30H,6-7,10,13-14H2,1-5H3,(H,32,33,34,36)/b19-15+,22-16+. The van der Waals surface area contributed by atoms with E-state index in [1.54, 1.807) is 7.11 Å². The molecule has 1 aliphatic rings. The van der Waals surface area contributed by atoms with E-state index in [-0.39, 0.29) is 0 Å². The number of allylic oxidation sites excluding steroid dienone is 3. The molecular formula is C29H35N9O. The zero-order valence-electron chi connectivity index (χ0n) is 23.2. The molecule has 0 saturated carbocycles. The van der Waals surface area contributed by atoms with Crippen LogP contribution in [0.25, 0.3) is 28.1 Å². The van der Waals surface area contributed by atoms with Gasteiger partial charge in [0.25, 0.3) is 0 Å². The molecule has 2 N–H and O–H groups in total. The Hall–Kier alpha value is -4.31. The molecule has 0 atom stereocenters. The Labute approximate surface area is 228 Å². The molecule has 0 unspecified atom stereocenters. The molecule has 202 valence electrons. The second kappa shape index (κ2) is 11.6. The first-order chi connectivity index (χ1) is 19.0. The van der Waals surface area contributed by atoms with Crippen molar-refractivity contribution in [2.45, 2.75) is 39.7 Å². The molecule has 4 aromatic heterocycles. The lowest BCUT2D eigenvalue weighted by Gasteiger charge is -2.17. The van der Waals surface area contributed by atoms with Crippen LogP contribution in [0.1, 0.15) is 37.2 Å². The number of fused-ring (bicyclic) bond motifs is 3. The van der Waals surface area contributed by atoms with Gasteiger partial charge in [-0.1, -0.05) is 18.6 Å². The predicted molar refractivity (Wildman–Crippen MR) is 153 cm³/mol. The molecule has 10 nitrogen and oxygen atoms in total. The summed E-state index contributed by atoms with van der Waals surface area (Å²) in [5.41, 5.74) is 9.34. The number of methoxy groups -OCH3 is 1. The highest BCUT2D eigenvalue weighted by atomic mass is 16.5. The Balaban J connectivity index is 1.48. The van der Waals surface area contributed by atoms with Crippen LogP contribution in [0.3, 0.4) is 0 Å². The van der Waals surface area contributed by atoms with E-state index in [0.717, 1.165) is 64.3 Å². The zero-order valence-corrected chi connectivity index (χ0v) is 23.2. The maximum atomic E-state index is 5.14. The van der Waals surface area contributed by atoms with Crippen LogP contribution in [0.4, 0.5) is 11.8 Å². The lowest BCUT2D eigenvalue weighted by molar-refractivity contribution is 0.183. The number of nitrogens with one attached hydrogen (secondary N) is 2. The van der Waals surface area contributed by atoms with Crippen molar-refractivity contribution in [1.82, 2.24) is 39.8 Å². The number of pyridine rings is 1. The number of hydrogen-bond acceptors (Lipinski definition) is 8. The summed E-state index contributed by atoms with van der Waals surface area (Å²) < 4.78 is 8.91. The molecule has 1 aliphatic carbocycles. The third kappa shape index (κ3) is 5.61. The van der Waals surface area contributed by atoms with Crippen molar-refractivity contribution in [3.8, 4) is 22.5 Å². The van der Waals surface area contributed by atoms with Gasteiger partial charge in [-0.15, -0.1) is 0 Å². The Kier molecular flexibility index (Phi) is 7.83. The quantitative estimate of drug-likeness (QED) is 0.291. The number of rotatable bonds is 10. The molecular weight excluding hydrogens is 490 g/mol. The summed E-state index contributed by atoms with van der Waals surface area (Å²) in [4.78, 5) is 14.3. The Morgan fingerprint density at radius 3 is 2.74 bits per heavy atom. The number of aromatic nitrogens is 7. The van der Waals surface area contributed by atoms with Crippen LogP contribution in [0.2, 0.25) is 0 Å². The van der Waals surface area contributed by atoms with Gasteiger partial charge in [-0.25, -0.2) is 9.97 Å². The lowest BCUT2D eigenvalue weighted by Crippen LogP contribution is -2.09. The van der Waals surface area contributed by atoms with E-state index in [9.17, 15) is 0 Å². The van der Waals surface area contributed by atoms with Crippen LogP contribution in [0, 0.1) is 0 Å². The Morgan fingerprint density at radius 2 is 2.00 bits per heavy atom. The maximum Gasteiger partial charge on any atom is 0.228 e. The van der Waals surface area contributed by atoms with Crippen LogP contribution >= 0.6 is 0 Å². The summed E-state index contributed by atoms with van der Waals surface area (Å²) >= 11 is 0. The van der Waals surface area contributed by atoms with Gasteiger partial charge in [-0.2, -0.15) is 10.2 Å². The van der Waals surface area contributed by atoms with Crippen LogP contribution in [-0.4, -0.2) is 55.3 Å². The van der Waals surface area contributed by atoms with Crippen molar-refractivity contribution in [2.75, 3.05) is 26.1 Å². The van der Waals surface area contributed by atoms with Gasteiger partial charge in [-0.05, 0) is 43.9 Å². The van der Waals surface area contributed by atoms with Crippen molar-refractivity contribution in [3.05, 3.63) is 71.6 Å². The number of anilines is 2. The minimum Gasteiger partial charge on any atom is -0.393 e. The SMILES string of the molecule is CC/C(C)=C/C(=C\NC)c1ccc(-c2c3c(nn2C)CCc2cnc(Nc4ccn(CCOC)n4)nc2-3)cn1. The number of ether oxygens (including phenoxy) is 1. The highest BCUT2D eigenvalue weighted by Crippen LogP contribution is 2.39. The van der Waals surface area contributed by atoms with E-state index in [1.807, 2.05) is 54.3 Å². The van der Waals surface area contributed by atoms with Crippen molar-refractivity contribution in [1.29, 1.82) is 0 Å². The first-order valence-electron chi connectivity index (χ1n) is 13.2. The molecule has 0 saturated heterocycles. The lowest BCUT2D eigenvalue weighted by atomic mass is 9.91. The molecule has 0 bridgehead atoms. The van der Waals surface area contributed by atoms with Gasteiger partial charge in [0.15, 0.2) is 5.82 Å². The summed E-state index contributed by atoms with van der Waals surface area (Å²) in [5, 5.41) is 15.8. The fourth-order valence-electron chi connectivity index (χ4n) is 4.72. The van der Waals surface area contributed by atoms with Crippen molar-refractivity contribution < 1.29 is 4.74 Å². The van der Waals surface area contributed by atoms with Crippen molar-refractivity contribution in [3.63, 3.8) is 0 Å². The van der Waals surface area contributed by atoms with E-state index in [2.05, 4.69) is 52.8 Å². The molecule has 0 spiro atoms. The van der Waals surface area contributed by atoms with E-state index in [0.29, 0.717) is 24.9 Å². The molecule has 4 aromatic rings. The van der Waals surface area contributed by atoms with Gasteiger partial charge in [0, 0.05) is 68.8 Å². The van der Waals surface area contributed by atoms with Gasteiger partial charge in [0.1, 0.15) is 0 Å². The Morgan fingerprint density at radius 1 is 1.13 bits per heavy atom. The summed E-state index contributed by atoms with van der Waals surface area (Å²) in [6, 6.07) is 6.08. The van der Waals surface area contributed by atoms with E-state index >= 15 is 0 Å². The molecule has 4 heterocycles. The van der Waals surface area contributed by atoms with Crippen molar-refractivity contribution in [2.24, 2.45) is 7.05 Å². The monoisotopic (exact) mass is 525 g/mol. The Bertz CT molecular complexity index is 1510. The minimum absolute atomic E-state index is 0.502. The van der Waals surface area contributed by atoms with Crippen LogP contribution in [-0.2, 0) is 31.2 Å². The molecule has 10 heteroatoms. The highest BCUT2D eigenvalue weighted by Gasteiger charge is 2.27. The fraction of sp³-hybridized carbons (Fsp3) is 0.345. The molecule has 0 fully saturated rings. The smallest absolute Gasteiger partial charge is 0.228 e. The normalized spacial score (nSPS) is 13.3. The van der Waals surface area contributed by atoms with Crippen molar-refractivity contribution >= 4 is 17.3 Å². The summed E-state index contributed by atoms with van der Waals surface area (Å²) in [6.45, 7) is 5.57. The second-order valence-corrected chi connectivity index (χ2v) is 9.61. The summed E-state index contributed by atoms with van der Waals surface area (Å²) in [7, 11) is 5.56. The molecule has 39 heavy (non-hydrogen) atoms. The van der Waals surface area contributed by atoms with Crippen LogP contribution in [0.15, 0.2) is 54.6 Å². The minimum atomic E-state index is 0.502. The number of aryl methyl sites for hydroxylation is 3. The highest BCUT2D eigenvalue weighted by molar-refractivity contribution is 5.84.